The number of thiazole rings is 1. The molecule has 37 heavy (non-hydrogen) atoms. The topological polar surface area (TPSA) is 109 Å². The number of carbonyl (C=O) groups excluding carboxylic acids is 2. The Labute approximate surface area is 221 Å². The summed E-state index contributed by atoms with van der Waals surface area (Å²) in [6, 6.07) is 10.0. The second kappa shape index (κ2) is 11.0. The van der Waals surface area contributed by atoms with Gasteiger partial charge in [0, 0.05) is 42.7 Å². The van der Waals surface area contributed by atoms with E-state index in [9.17, 15) is 18.0 Å². The molecular formula is C26H30N4O5S2. The minimum atomic E-state index is -3.75. The number of rotatable bonds is 6. The van der Waals surface area contributed by atoms with Crippen LogP contribution in [0.15, 0.2) is 46.7 Å². The smallest absolute Gasteiger partial charge is 0.409 e. The first-order valence-corrected chi connectivity index (χ1v) is 14.3. The van der Waals surface area contributed by atoms with E-state index in [4.69, 9.17) is 4.74 Å². The molecule has 0 unspecified atom stereocenters. The fourth-order valence-electron chi connectivity index (χ4n) is 4.45. The van der Waals surface area contributed by atoms with Gasteiger partial charge in [0.15, 0.2) is 5.13 Å². The normalized spacial score (nSPS) is 14.4. The van der Waals surface area contributed by atoms with Gasteiger partial charge in [-0.15, -0.1) is 11.3 Å². The molecule has 1 fully saturated rings. The lowest BCUT2D eigenvalue weighted by Crippen LogP contribution is -2.50. The first-order chi connectivity index (χ1) is 17.6. The molecule has 1 saturated heterocycles. The summed E-state index contributed by atoms with van der Waals surface area (Å²) >= 11 is 1.34. The maximum Gasteiger partial charge on any atom is 0.409 e. The predicted octanol–water partition coefficient (Wildman–Crippen LogP) is 4.45. The van der Waals surface area contributed by atoms with Crippen LogP contribution in [0.4, 0.5) is 9.93 Å². The number of carbonyl (C=O) groups is 2. The number of hydrogen-bond acceptors (Lipinski definition) is 7. The van der Waals surface area contributed by atoms with Crippen molar-refractivity contribution >= 4 is 38.5 Å². The Balaban J connectivity index is 1.41. The van der Waals surface area contributed by atoms with Crippen LogP contribution in [0.1, 0.15) is 34.0 Å². The second-order valence-electron chi connectivity index (χ2n) is 8.88. The van der Waals surface area contributed by atoms with Crippen LogP contribution in [0.5, 0.6) is 0 Å². The Kier molecular flexibility index (Phi) is 7.96. The van der Waals surface area contributed by atoms with Gasteiger partial charge >= 0.3 is 6.09 Å². The zero-order valence-corrected chi connectivity index (χ0v) is 22.9. The first kappa shape index (κ1) is 26.8. The van der Waals surface area contributed by atoms with Gasteiger partial charge in [-0.2, -0.15) is 4.31 Å². The lowest BCUT2D eigenvalue weighted by atomic mass is 9.98. The number of benzene rings is 2. The van der Waals surface area contributed by atoms with E-state index in [1.54, 1.807) is 6.92 Å². The van der Waals surface area contributed by atoms with E-state index in [-0.39, 0.29) is 43.6 Å². The summed E-state index contributed by atoms with van der Waals surface area (Å²) in [6.45, 7) is 9.01. The Morgan fingerprint density at radius 2 is 1.65 bits per heavy atom. The van der Waals surface area contributed by atoms with Crippen molar-refractivity contribution in [1.29, 1.82) is 0 Å². The number of aryl methyl sites for hydroxylation is 3. The number of aromatic nitrogens is 1. The Bertz CT molecular complexity index is 1390. The molecule has 0 aliphatic carbocycles. The van der Waals surface area contributed by atoms with Crippen LogP contribution in [-0.4, -0.2) is 67.4 Å². The highest BCUT2D eigenvalue weighted by atomic mass is 32.2. The number of sulfonamides is 1. The molecule has 1 aliphatic rings. The second-order valence-corrected chi connectivity index (χ2v) is 11.7. The van der Waals surface area contributed by atoms with Gasteiger partial charge < -0.3 is 9.64 Å². The molecule has 1 N–H and O–H groups in total. The van der Waals surface area contributed by atoms with Gasteiger partial charge in [0.25, 0.3) is 5.91 Å². The lowest BCUT2D eigenvalue weighted by Gasteiger charge is -2.33. The van der Waals surface area contributed by atoms with Gasteiger partial charge in [0.2, 0.25) is 10.0 Å². The van der Waals surface area contributed by atoms with Gasteiger partial charge in [0.1, 0.15) is 0 Å². The van der Waals surface area contributed by atoms with E-state index >= 15 is 0 Å². The van der Waals surface area contributed by atoms with Gasteiger partial charge in [-0.05, 0) is 63.1 Å². The Morgan fingerprint density at radius 3 is 2.24 bits per heavy atom. The Morgan fingerprint density at radius 1 is 1.03 bits per heavy atom. The third-order valence-corrected chi connectivity index (χ3v) is 8.85. The molecule has 4 rings (SSSR count). The molecule has 1 aliphatic heterocycles. The van der Waals surface area contributed by atoms with Crippen molar-refractivity contribution in [3.05, 3.63) is 64.0 Å². The maximum absolute atomic E-state index is 13.1. The standard InChI is InChI=1S/C26H30N4O5S2/c1-5-35-26(32)29-10-12-30(13-11-29)37(33,34)21-8-6-20(7-9-21)24(31)28-25-27-22(16-36-25)23-18(3)14-17(2)15-19(23)4/h6-9,14-16H,5,10-13H2,1-4H3,(H,27,28,31). The molecule has 0 bridgehead atoms. The SMILES string of the molecule is CCOC(=O)N1CCN(S(=O)(=O)c2ccc(C(=O)Nc3nc(-c4c(C)cc(C)cc4C)cs3)cc2)CC1. The van der Waals surface area contributed by atoms with Crippen molar-refractivity contribution in [1.82, 2.24) is 14.2 Å². The molecule has 196 valence electrons. The molecule has 9 nitrogen and oxygen atoms in total. The zero-order chi connectivity index (χ0) is 26.7. The highest BCUT2D eigenvalue weighted by Crippen LogP contribution is 2.31. The molecule has 0 spiro atoms. The van der Waals surface area contributed by atoms with E-state index < -0.39 is 16.1 Å². The van der Waals surface area contributed by atoms with Crippen LogP contribution >= 0.6 is 11.3 Å². The van der Waals surface area contributed by atoms with Crippen molar-refractivity contribution in [2.75, 3.05) is 38.1 Å². The first-order valence-electron chi connectivity index (χ1n) is 12.0. The largest absolute Gasteiger partial charge is 0.450 e. The summed E-state index contributed by atoms with van der Waals surface area (Å²) in [7, 11) is -3.75. The average Bonchev–Trinajstić information content (AvgIpc) is 3.31. The molecule has 2 aromatic carbocycles. The molecule has 1 aromatic heterocycles. The fraction of sp³-hybridized carbons (Fsp3) is 0.346. The predicted molar refractivity (Wildman–Crippen MR) is 144 cm³/mol. The number of hydrogen-bond donors (Lipinski definition) is 1. The molecule has 0 saturated carbocycles. The quantitative estimate of drug-likeness (QED) is 0.493. The summed E-state index contributed by atoms with van der Waals surface area (Å²) in [4.78, 5) is 30.8. The number of amides is 2. The van der Waals surface area contributed by atoms with Crippen LogP contribution in [0.3, 0.4) is 0 Å². The highest BCUT2D eigenvalue weighted by molar-refractivity contribution is 7.89. The molecular weight excluding hydrogens is 512 g/mol. The summed E-state index contributed by atoms with van der Waals surface area (Å²) < 4.78 is 32.4. The van der Waals surface area contributed by atoms with Crippen molar-refractivity contribution in [2.24, 2.45) is 0 Å². The molecule has 3 aromatic rings. The van der Waals surface area contributed by atoms with E-state index in [0.29, 0.717) is 10.7 Å². The van der Waals surface area contributed by atoms with E-state index in [1.165, 1.54) is 50.4 Å². The minimum absolute atomic E-state index is 0.0930. The highest BCUT2D eigenvalue weighted by Gasteiger charge is 2.30. The minimum Gasteiger partial charge on any atom is -0.450 e. The molecule has 2 amide bonds. The maximum atomic E-state index is 13.1. The fourth-order valence-corrected chi connectivity index (χ4v) is 6.57. The molecule has 11 heteroatoms. The van der Waals surface area contributed by atoms with Crippen LogP contribution < -0.4 is 5.32 Å². The average molecular weight is 543 g/mol. The van der Waals surface area contributed by atoms with E-state index in [0.717, 1.165) is 22.4 Å². The number of anilines is 1. The van der Waals surface area contributed by atoms with Gasteiger partial charge in [-0.1, -0.05) is 17.7 Å². The van der Waals surface area contributed by atoms with Crippen molar-refractivity contribution < 1.29 is 22.7 Å². The summed E-state index contributed by atoms with van der Waals surface area (Å²) in [5, 5.41) is 5.19. The summed E-state index contributed by atoms with van der Waals surface area (Å²) in [5.74, 6) is -0.370. The summed E-state index contributed by atoms with van der Waals surface area (Å²) in [5.41, 5.74) is 5.62. The van der Waals surface area contributed by atoms with Crippen LogP contribution in [0.25, 0.3) is 11.3 Å². The number of piperazine rings is 1. The van der Waals surface area contributed by atoms with E-state index in [1.807, 2.05) is 19.2 Å². The number of ether oxygens (including phenoxy) is 1. The van der Waals surface area contributed by atoms with Crippen molar-refractivity contribution in [3.63, 3.8) is 0 Å². The van der Waals surface area contributed by atoms with Crippen LogP contribution in [0.2, 0.25) is 0 Å². The molecule has 0 atom stereocenters. The lowest BCUT2D eigenvalue weighted by molar-refractivity contribution is 0.0933. The van der Waals surface area contributed by atoms with E-state index in [2.05, 4.69) is 29.4 Å². The third-order valence-electron chi connectivity index (χ3n) is 6.18. The molecule has 0 radical (unpaired) electrons. The van der Waals surface area contributed by atoms with Crippen molar-refractivity contribution in [3.8, 4) is 11.3 Å². The Hall–Kier alpha value is -3.28. The van der Waals surface area contributed by atoms with Crippen LogP contribution in [0, 0.1) is 20.8 Å². The van der Waals surface area contributed by atoms with Gasteiger partial charge in [-0.25, -0.2) is 18.2 Å². The number of nitrogens with one attached hydrogen (secondary N) is 1. The zero-order valence-electron chi connectivity index (χ0n) is 21.3. The summed E-state index contributed by atoms with van der Waals surface area (Å²) in [6.07, 6.45) is -0.439. The third kappa shape index (κ3) is 5.84. The molecule has 2 heterocycles. The van der Waals surface area contributed by atoms with Crippen LogP contribution in [-0.2, 0) is 14.8 Å². The van der Waals surface area contributed by atoms with Gasteiger partial charge in [0.05, 0.1) is 17.2 Å². The monoisotopic (exact) mass is 542 g/mol. The number of nitrogens with zero attached hydrogens (tertiary/aromatic N) is 3. The van der Waals surface area contributed by atoms with Gasteiger partial charge in [-0.3, -0.25) is 10.1 Å². The van der Waals surface area contributed by atoms with Crippen molar-refractivity contribution in [2.45, 2.75) is 32.6 Å².